The highest BCUT2D eigenvalue weighted by Gasteiger charge is 2.14. The van der Waals surface area contributed by atoms with E-state index in [1.165, 1.54) is 11.1 Å². The van der Waals surface area contributed by atoms with Crippen LogP contribution in [0.5, 0.6) is 0 Å². The molecule has 2 rings (SSSR count). The van der Waals surface area contributed by atoms with E-state index in [9.17, 15) is 10.2 Å². The number of benzene rings is 2. The van der Waals surface area contributed by atoms with E-state index in [4.69, 9.17) is 0 Å². The summed E-state index contributed by atoms with van der Waals surface area (Å²) in [6, 6.07) is 20.9. The van der Waals surface area contributed by atoms with Crippen LogP contribution in [0.1, 0.15) is 35.8 Å². The third-order valence-corrected chi connectivity index (χ3v) is 5.41. The summed E-state index contributed by atoms with van der Waals surface area (Å²) in [6.07, 6.45) is 1.60. The van der Waals surface area contributed by atoms with Gasteiger partial charge in [-0.2, -0.15) is 11.8 Å². The van der Waals surface area contributed by atoms with E-state index < -0.39 is 0 Å². The van der Waals surface area contributed by atoms with Crippen molar-refractivity contribution in [2.75, 3.05) is 24.7 Å². The summed E-state index contributed by atoms with van der Waals surface area (Å²) in [5, 5.41) is 18.7. The highest BCUT2D eigenvalue weighted by Crippen LogP contribution is 2.29. The van der Waals surface area contributed by atoms with E-state index in [2.05, 4.69) is 48.5 Å². The lowest BCUT2D eigenvalue weighted by Gasteiger charge is -2.19. The van der Waals surface area contributed by atoms with E-state index >= 15 is 0 Å². The molecule has 0 fully saturated rings. The number of aliphatic hydroxyl groups excluding tert-OH is 2. The first-order valence-corrected chi connectivity index (χ1v) is 9.40. The molecular formula is C20H26O2S. The quantitative estimate of drug-likeness (QED) is 0.690. The van der Waals surface area contributed by atoms with Gasteiger partial charge in [0.05, 0.1) is 0 Å². The summed E-state index contributed by atoms with van der Waals surface area (Å²) in [7, 11) is 0. The Balaban J connectivity index is 1.92. The third kappa shape index (κ3) is 6.02. The molecule has 0 aliphatic carbocycles. The molecule has 0 amide bonds. The molecule has 0 saturated heterocycles. The lowest BCUT2D eigenvalue weighted by atomic mass is 9.98. The zero-order valence-corrected chi connectivity index (χ0v) is 14.3. The fraction of sp³-hybridized carbons (Fsp3) is 0.400. The van der Waals surface area contributed by atoms with Crippen molar-refractivity contribution >= 4 is 11.8 Å². The molecule has 23 heavy (non-hydrogen) atoms. The first-order chi connectivity index (χ1) is 11.3. The molecule has 0 radical (unpaired) electrons. The predicted molar refractivity (Wildman–Crippen MR) is 99.1 cm³/mol. The largest absolute Gasteiger partial charge is 0.396 e. The van der Waals surface area contributed by atoms with Gasteiger partial charge in [-0.3, -0.25) is 0 Å². The van der Waals surface area contributed by atoms with Gasteiger partial charge in [0.15, 0.2) is 0 Å². The van der Waals surface area contributed by atoms with Crippen LogP contribution in [0.25, 0.3) is 0 Å². The van der Waals surface area contributed by atoms with Gasteiger partial charge in [0.25, 0.3) is 0 Å². The fourth-order valence-electron chi connectivity index (χ4n) is 2.81. The van der Waals surface area contributed by atoms with Gasteiger partial charge in [0, 0.05) is 24.7 Å². The summed E-state index contributed by atoms with van der Waals surface area (Å²) >= 11 is 1.92. The van der Waals surface area contributed by atoms with Crippen LogP contribution in [0.15, 0.2) is 60.7 Å². The van der Waals surface area contributed by atoms with Crippen LogP contribution in [0.4, 0.5) is 0 Å². The van der Waals surface area contributed by atoms with Crippen LogP contribution < -0.4 is 0 Å². The van der Waals surface area contributed by atoms with Gasteiger partial charge < -0.3 is 10.2 Å². The van der Waals surface area contributed by atoms with Crippen LogP contribution in [-0.4, -0.2) is 34.9 Å². The maximum atomic E-state index is 9.33. The Kier molecular flexibility index (Phi) is 8.23. The highest BCUT2D eigenvalue weighted by atomic mass is 32.2. The molecule has 124 valence electrons. The average molecular weight is 330 g/mol. The zero-order valence-electron chi connectivity index (χ0n) is 13.5. The Morgan fingerprint density at radius 2 is 1.04 bits per heavy atom. The molecule has 0 bridgehead atoms. The molecular weight excluding hydrogens is 304 g/mol. The second kappa shape index (κ2) is 10.5. The summed E-state index contributed by atoms with van der Waals surface area (Å²) in [5.41, 5.74) is 2.60. The van der Waals surface area contributed by atoms with Crippen LogP contribution in [0, 0.1) is 0 Å². The van der Waals surface area contributed by atoms with E-state index in [-0.39, 0.29) is 13.2 Å². The van der Waals surface area contributed by atoms with Crippen molar-refractivity contribution in [2.45, 2.75) is 24.7 Å². The minimum absolute atomic E-state index is 0.221. The van der Waals surface area contributed by atoms with Crippen molar-refractivity contribution < 1.29 is 10.2 Å². The Labute approximate surface area is 143 Å². The Bertz CT molecular complexity index is 480. The van der Waals surface area contributed by atoms with Gasteiger partial charge in [0.2, 0.25) is 0 Å². The molecule has 2 atom stereocenters. The lowest BCUT2D eigenvalue weighted by Crippen LogP contribution is -2.09. The van der Waals surface area contributed by atoms with Crippen molar-refractivity contribution in [3.63, 3.8) is 0 Å². The molecule has 2 aromatic rings. The minimum atomic E-state index is 0.221. The van der Waals surface area contributed by atoms with Crippen LogP contribution in [0.3, 0.4) is 0 Å². The molecule has 3 heteroatoms. The fourth-order valence-corrected chi connectivity index (χ4v) is 4.23. The average Bonchev–Trinajstić information content (AvgIpc) is 2.61. The molecule has 0 aliphatic heterocycles. The van der Waals surface area contributed by atoms with Gasteiger partial charge in [0.1, 0.15) is 0 Å². The molecule has 2 nitrogen and oxygen atoms in total. The lowest BCUT2D eigenvalue weighted by molar-refractivity contribution is 0.279. The van der Waals surface area contributed by atoms with Gasteiger partial charge in [-0.05, 0) is 35.8 Å². The SMILES string of the molecule is OCCC(CSCC(CCO)c1ccccc1)c1ccccc1. The molecule has 0 heterocycles. The van der Waals surface area contributed by atoms with E-state index in [0.717, 1.165) is 24.3 Å². The molecule has 0 aromatic heterocycles. The van der Waals surface area contributed by atoms with Crippen molar-refractivity contribution in [1.29, 1.82) is 0 Å². The summed E-state index contributed by atoms with van der Waals surface area (Å²) < 4.78 is 0. The van der Waals surface area contributed by atoms with Crippen LogP contribution >= 0.6 is 11.8 Å². The number of hydrogen-bond acceptors (Lipinski definition) is 3. The Morgan fingerprint density at radius 3 is 1.39 bits per heavy atom. The molecule has 0 aliphatic rings. The van der Waals surface area contributed by atoms with Crippen molar-refractivity contribution in [2.24, 2.45) is 0 Å². The predicted octanol–water partition coefficient (Wildman–Crippen LogP) is 4.05. The smallest absolute Gasteiger partial charge is 0.0437 e. The molecule has 2 N–H and O–H groups in total. The van der Waals surface area contributed by atoms with E-state index in [0.29, 0.717) is 11.8 Å². The second-order valence-corrected chi connectivity index (χ2v) is 6.85. The van der Waals surface area contributed by atoms with Crippen molar-refractivity contribution in [3.8, 4) is 0 Å². The third-order valence-electron chi connectivity index (χ3n) is 4.14. The minimum Gasteiger partial charge on any atom is -0.396 e. The molecule has 2 unspecified atom stereocenters. The summed E-state index contributed by atoms with van der Waals surface area (Å²) in [4.78, 5) is 0. The molecule has 0 spiro atoms. The van der Waals surface area contributed by atoms with Gasteiger partial charge in [-0.15, -0.1) is 0 Å². The Hall–Kier alpha value is -1.29. The van der Waals surface area contributed by atoms with Crippen LogP contribution in [-0.2, 0) is 0 Å². The molecule has 2 aromatic carbocycles. The summed E-state index contributed by atoms with van der Waals surface area (Å²) in [5.74, 6) is 2.77. The van der Waals surface area contributed by atoms with E-state index in [1.807, 2.05) is 23.9 Å². The number of aliphatic hydroxyl groups is 2. The second-order valence-electron chi connectivity index (χ2n) is 5.78. The van der Waals surface area contributed by atoms with Crippen molar-refractivity contribution in [1.82, 2.24) is 0 Å². The zero-order chi connectivity index (χ0) is 16.3. The monoisotopic (exact) mass is 330 g/mol. The standard InChI is InChI=1S/C20H26O2S/c21-13-11-19(17-7-3-1-4-8-17)15-23-16-20(12-14-22)18-9-5-2-6-10-18/h1-10,19-22H,11-16H2. The first kappa shape index (κ1) is 18.1. The topological polar surface area (TPSA) is 40.5 Å². The Morgan fingerprint density at radius 1 is 0.652 bits per heavy atom. The van der Waals surface area contributed by atoms with E-state index in [1.54, 1.807) is 0 Å². The maximum Gasteiger partial charge on any atom is 0.0437 e. The van der Waals surface area contributed by atoms with Crippen LogP contribution in [0.2, 0.25) is 0 Å². The first-order valence-electron chi connectivity index (χ1n) is 8.24. The van der Waals surface area contributed by atoms with Crippen molar-refractivity contribution in [3.05, 3.63) is 71.8 Å². The van der Waals surface area contributed by atoms with Gasteiger partial charge in [-0.25, -0.2) is 0 Å². The summed E-state index contributed by atoms with van der Waals surface area (Å²) in [6.45, 7) is 0.442. The van der Waals surface area contributed by atoms with Gasteiger partial charge in [-0.1, -0.05) is 60.7 Å². The maximum absolute atomic E-state index is 9.33. The number of rotatable bonds is 10. The van der Waals surface area contributed by atoms with Gasteiger partial charge >= 0.3 is 0 Å². The number of thioether (sulfide) groups is 1. The highest BCUT2D eigenvalue weighted by molar-refractivity contribution is 7.99. The normalized spacial score (nSPS) is 13.7. The number of hydrogen-bond donors (Lipinski definition) is 2. The molecule has 0 saturated carbocycles.